The first-order chi connectivity index (χ1) is 14.8. The third kappa shape index (κ3) is 5.74. The summed E-state index contributed by atoms with van der Waals surface area (Å²) in [6.45, 7) is 1.79. The first-order valence-electron chi connectivity index (χ1n) is 9.30. The van der Waals surface area contributed by atoms with Gasteiger partial charge in [0.15, 0.2) is 6.08 Å². The molecule has 29 heavy (non-hydrogen) atoms. The molecule has 0 bridgehead atoms. The van der Waals surface area contributed by atoms with Crippen LogP contribution in [0, 0.1) is 12.7 Å². The Morgan fingerprint density at radius 2 is 1.76 bits per heavy atom. The Morgan fingerprint density at radius 1 is 1.21 bits per heavy atom. The highest BCUT2D eigenvalue weighted by molar-refractivity contribution is 7.86. The Hall–Kier alpha value is -3.49. The van der Waals surface area contributed by atoms with Gasteiger partial charge in [0.05, 0.1) is 4.11 Å². The number of halogens is 1. The number of hydrogen-bond donors (Lipinski definition) is 1. The molecule has 1 aliphatic heterocycles. The molecular formula is C19H16FNO7S. The first-order valence-corrected chi connectivity index (χ1v) is 9.21. The monoisotopic (exact) mass is 424 g/mol. The van der Waals surface area contributed by atoms with Crippen LogP contribution in [0.4, 0.5) is 4.39 Å². The van der Waals surface area contributed by atoms with E-state index in [9.17, 15) is 17.6 Å². The van der Waals surface area contributed by atoms with E-state index in [1.165, 1.54) is 12.1 Å². The lowest BCUT2D eigenvalue weighted by molar-refractivity contribution is -0.191. The number of carbonyl (C=O) groups excluding carboxylic acids is 3. The van der Waals surface area contributed by atoms with Crippen LogP contribution in [-0.4, -0.2) is 20.4 Å². The number of ether oxygens (including phenoxy) is 1. The average molecular weight is 424 g/mol. The highest BCUT2D eigenvalue weighted by Crippen LogP contribution is 2.32. The van der Waals surface area contributed by atoms with Gasteiger partial charge in [-0.3, -0.25) is 4.79 Å². The van der Waals surface area contributed by atoms with Crippen LogP contribution in [-0.2, 0) is 39.1 Å². The predicted molar refractivity (Wildman–Crippen MR) is 96.3 cm³/mol. The van der Waals surface area contributed by atoms with Gasteiger partial charge in [0, 0.05) is 5.56 Å². The molecule has 10 heteroatoms. The van der Waals surface area contributed by atoms with Crippen LogP contribution in [0.2, 0.25) is 0 Å². The van der Waals surface area contributed by atoms with Crippen molar-refractivity contribution in [3.63, 3.8) is 0 Å². The lowest BCUT2D eigenvalue weighted by Gasteiger charge is -2.10. The second-order valence-electron chi connectivity index (χ2n) is 5.55. The van der Waals surface area contributed by atoms with Crippen molar-refractivity contribution in [2.45, 2.75) is 18.7 Å². The topological polar surface area (TPSA) is 130 Å². The maximum Gasteiger partial charge on any atom is 0.373 e. The largest absolute Gasteiger partial charge is 0.460 e. The van der Waals surface area contributed by atoms with Gasteiger partial charge >= 0.3 is 16.3 Å². The van der Waals surface area contributed by atoms with Gasteiger partial charge in [0.2, 0.25) is 17.4 Å². The van der Waals surface area contributed by atoms with Gasteiger partial charge in [-0.2, -0.15) is 18.0 Å². The molecule has 1 atom stereocenters. The number of aryl methyl sites for hydroxylation is 1. The van der Waals surface area contributed by atoms with Crippen molar-refractivity contribution in [1.29, 1.82) is 0 Å². The maximum atomic E-state index is 13.1. The van der Waals surface area contributed by atoms with Crippen LogP contribution in [0.1, 0.15) is 26.9 Å². The summed E-state index contributed by atoms with van der Waals surface area (Å²) in [5, 5.41) is 0. The summed E-state index contributed by atoms with van der Waals surface area (Å²) in [7, 11) is -5.13. The van der Waals surface area contributed by atoms with Gasteiger partial charge in [-0.15, -0.1) is 0 Å². The van der Waals surface area contributed by atoms with E-state index in [1.807, 2.05) is 0 Å². The van der Waals surface area contributed by atoms with Gasteiger partial charge in [0.25, 0.3) is 0 Å². The lowest BCUT2D eigenvalue weighted by atomic mass is 10.0. The van der Waals surface area contributed by atoms with E-state index in [-0.39, 0.29) is 11.7 Å². The average Bonchev–Trinajstić information content (AvgIpc) is 2.93. The number of ketones is 1. The third-order valence-corrected chi connectivity index (χ3v) is 4.31. The third-order valence-electron chi connectivity index (χ3n) is 3.44. The molecule has 2 N–H and O–H groups in total. The molecule has 0 spiro atoms. The normalized spacial score (nSPS) is 20.3. The van der Waals surface area contributed by atoms with E-state index in [0.717, 1.165) is 29.8 Å². The van der Waals surface area contributed by atoms with Crippen molar-refractivity contribution < 1.29 is 40.2 Å². The molecule has 1 aliphatic rings. The number of nitrogens with two attached hydrogens (primary N) is 1. The molecule has 8 nitrogen and oxygen atoms in total. The Bertz CT molecular complexity index is 1190. The summed E-state index contributed by atoms with van der Waals surface area (Å²) in [4.78, 5) is 28.9. The second kappa shape index (κ2) is 9.13. The van der Waals surface area contributed by atoms with Gasteiger partial charge in [-0.05, 0) is 24.6 Å². The number of benzene rings is 2. The molecule has 0 radical (unpaired) electrons. The van der Waals surface area contributed by atoms with E-state index in [1.54, 1.807) is 19.1 Å². The van der Waals surface area contributed by atoms with Crippen LogP contribution < -0.4 is 5.73 Å². The summed E-state index contributed by atoms with van der Waals surface area (Å²) in [5.41, 5.74) is 2.97. The Labute approximate surface area is 170 Å². The molecule has 2 aromatic carbocycles. The predicted octanol–water partition coefficient (Wildman–Crippen LogP) is 1.87. The molecule has 0 saturated heterocycles. The number of Topliss-reactive ketones (excluding diaryl/α,β-unsaturated/α-hetero) is 1. The fraction of sp³-hybridized carbons (Fsp3) is 0.158. The van der Waals surface area contributed by atoms with Crippen LogP contribution in [0.3, 0.4) is 0 Å². The molecule has 0 fully saturated rings. The molecule has 0 aromatic heterocycles. The van der Waals surface area contributed by atoms with Gasteiger partial charge in [0.1, 0.15) is 11.5 Å². The van der Waals surface area contributed by atoms with E-state index in [4.69, 9.17) is 24.2 Å². The molecule has 0 unspecified atom stereocenters. The molecule has 152 valence electrons. The molecule has 1 heterocycles. The summed E-state index contributed by atoms with van der Waals surface area (Å²) in [6.07, 6.45) is -2.12. The van der Waals surface area contributed by atoms with E-state index >= 15 is 0 Å². The maximum absolute atomic E-state index is 13.1. The standard InChI is InChI=1S/C18H16FNO5S.CO2/c1-11-2-6-13(7-3-11)16-15(21)17(18(20)24-16)25-26(22,23)10-12-4-8-14(19)9-5-12;2-1-3/h2-9,16H,10,20H2,1H3;/t16-;/m1./s1/i10D2,16D;. The van der Waals surface area contributed by atoms with Crippen LogP contribution in [0.5, 0.6) is 0 Å². The van der Waals surface area contributed by atoms with Crippen LogP contribution in [0.15, 0.2) is 60.2 Å². The fourth-order valence-corrected chi connectivity index (χ4v) is 3.03. The van der Waals surface area contributed by atoms with Crippen molar-refractivity contribution >= 4 is 22.1 Å². The van der Waals surface area contributed by atoms with Crippen molar-refractivity contribution in [3.8, 4) is 0 Å². The van der Waals surface area contributed by atoms with Gasteiger partial charge in [-0.25, -0.2) is 4.39 Å². The highest BCUT2D eigenvalue weighted by Gasteiger charge is 2.39. The molecule has 2 aromatic rings. The van der Waals surface area contributed by atoms with Gasteiger partial charge < -0.3 is 14.7 Å². The highest BCUT2D eigenvalue weighted by atomic mass is 32.2. The van der Waals surface area contributed by atoms with Crippen LogP contribution in [0.25, 0.3) is 0 Å². The van der Waals surface area contributed by atoms with E-state index < -0.39 is 50.7 Å². The number of hydrogen-bond acceptors (Lipinski definition) is 8. The van der Waals surface area contributed by atoms with Crippen molar-refractivity contribution in [1.82, 2.24) is 0 Å². The second-order valence-corrected chi connectivity index (χ2v) is 6.83. The molecule has 3 rings (SSSR count). The minimum Gasteiger partial charge on any atom is -0.460 e. The molecule has 0 aliphatic carbocycles. The van der Waals surface area contributed by atoms with Crippen molar-refractivity contribution in [2.24, 2.45) is 5.73 Å². The number of rotatable bonds is 5. The molecule has 0 saturated carbocycles. The zero-order chi connectivity index (χ0) is 24.3. The SMILES string of the molecule is O=C=O.[2H]C([2H])(c1ccc(F)cc1)S(=O)(=O)OC1=C(N)O[C@]([2H])(c2ccc(C)cc2)C1=O. The van der Waals surface area contributed by atoms with Crippen molar-refractivity contribution in [2.75, 3.05) is 0 Å². The molecule has 0 amide bonds. The fourth-order valence-electron chi connectivity index (χ4n) is 2.18. The summed E-state index contributed by atoms with van der Waals surface area (Å²) in [5.74, 6) is -3.64. The van der Waals surface area contributed by atoms with Crippen LogP contribution >= 0.6 is 0 Å². The zero-order valence-electron chi connectivity index (χ0n) is 17.8. The summed E-state index contributed by atoms with van der Waals surface area (Å²) in [6, 6.07) is 9.77. The van der Waals surface area contributed by atoms with E-state index in [0.29, 0.717) is 0 Å². The minimum absolute atomic E-state index is 0.0913. The molecular weight excluding hydrogens is 405 g/mol. The van der Waals surface area contributed by atoms with Crippen molar-refractivity contribution in [3.05, 3.63) is 82.7 Å². The lowest BCUT2D eigenvalue weighted by Crippen LogP contribution is -2.16. The zero-order valence-corrected chi connectivity index (χ0v) is 15.7. The summed E-state index contributed by atoms with van der Waals surface area (Å²) < 4.78 is 72.0. The van der Waals surface area contributed by atoms with E-state index in [2.05, 4.69) is 4.18 Å². The minimum atomic E-state index is -5.13. The Morgan fingerprint density at radius 3 is 2.31 bits per heavy atom. The number of carbonyl (C=O) groups is 1. The van der Waals surface area contributed by atoms with Gasteiger partial charge in [-0.1, -0.05) is 42.0 Å². The quantitative estimate of drug-likeness (QED) is 0.720. The first kappa shape index (κ1) is 17.6. The smallest absolute Gasteiger partial charge is 0.373 e. The Balaban J connectivity index is 0.00000114. The Kier molecular flexibility index (Phi) is 5.54. The summed E-state index contributed by atoms with van der Waals surface area (Å²) >= 11 is 0.